The van der Waals surface area contributed by atoms with Crippen LogP contribution in [0.4, 0.5) is 0 Å². The average molecular weight is 533 g/mol. The van der Waals surface area contributed by atoms with E-state index in [9.17, 15) is 0 Å². The second-order valence-corrected chi connectivity index (χ2v) is 11.0. The largest absolute Gasteiger partial charge is 0.237 e. The lowest BCUT2D eigenvalue weighted by Gasteiger charge is -2.13. The van der Waals surface area contributed by atoms with Crippen molar-refractivity contribution in [3.8, 4) is 55.9 Å². The maximum Gasteiger partial charge on any atom is 0.159 e. The Labute approximate surface area is 243 Å². The van der Waals surface area contributed by atoms with Crippen LogP contribution in [0.25, 0.3) is 88.2 Å². The third-order valence-corrected chi connectivity index (χ3v) is 8.70. The van der Waals surface area contributed by atoms with Gasteiger partial charge in [0.25, 0.3) is 0 Å². The van der Waals surface area contributed by atoms with E-state index in [0.29, 0.717) is 0 Å². The van der Waals surface area contributed by atoms with Gasteiger partial charge in [0.05, 0.1) is 0 Å². The zero-order valence-corrected chi connectivity index (χ0v) is 22.8. The van der Waals surface area contributed by atoms with Crippen molar-refractivity contribution in [2.75, 3.05) is 0 Å². The molecule has 9 rings (SSSR count). The van der Waals surface area contributed by atoms with Crippen LogP contribution in [-0.4, -0.2) is 9.97 Å². The van der Waals surface area contributed by atoms with Gasteiger partial charge in [-0.1, -0.05) is 103 Å². The summed E-state index contributed by atoms with van der Waals surface area (Å²) in [6, 6.07) is 48.6. The molecule has 0 bridgehead atoms. The zero-order valence-electron chi connectivity index (χ0n) is 22.8. The fraction of sp³-hybridized carbons (Fsp3) is 0. The van der Waals surface area contributed by atoms with Gasteiger partial charge in [0.1, 0.15) is 0 Å². The third-order valence-electron chi connectivity index (χ3n) is 8.70. The summed E-state index contributed by atoms with van der Waals surface area (Å²) in [7, 11) is 0. The van der Waals surface area contributed by atoms with Gasteiger partial charge in [-0.25, -0.2) is 9.97 Å². The van der Waals surface area contributed by atoms with Crippen LogP contribution in [0.5, 0.6) is 0 Å². The first-order valence-corrected chi connectivity index (χ1v) is 14.3. The highest BCUT2D eigenvalue weighted by molar-refractivity contribution is 6.20. The number of hydrogen-bond acceptors (Lipinski definition) is 2. The SMILES string of the molecule is c1cnc(-c2ccc3c(-c4cccc(-c5ccc6c7c(cccc57)-c5cc7ccccc7cc5-6)c4)cccc3c2)nc1. The van der Waals surface area contributed by atoms with Crippen LogP contribution in [0.1, 0.15) is 0 Å². The van der Waals surface area contributed by atoms with Crippen LogP contribution >= 0.6 is 0 Å². The molecule has 0 amide bonds. The van der Waals surface area contributed by atoms with E-state index < -0.39 is 0 Å². The highest BCUT2D eigenvalue weighted by Crippen LogP contribution is 2.50. The summed E-state index contributed by atoms with van der Waals surface area (Å²) in [6.45, 7) is 0. The molecule has 0 atom stereocenters. The van der Waals surface area contributed by atoms with E-state index in [0.717, 1.165) is 11.4 Å². The van der Waals surface area contributed by atoms with Crippen LogP contribution in [-0.2, 0) is 0 Å². The highest BCUT2D eigenvalue weighted by Gasteiger charge is 2.23. The van der Waals surface area contributed by atoms with Gasteiger partial charge in [0, 0.05) is 18.0 Å². The molecule has 0 fully saturated rings. The molecule has 0 unspecified atom stereocenters. The fourth-order valence-corrected chi connectivity index (χ4v) is 6.77. The van der Waals surface area contributed by atoms with Crippen molar-refractivity contribution >= 4 is 32.3 Å². The number of rotatable bonds is 3. The van der Waals surface area contributed by atoms with Crippen LogP contribution in [0.15, 0.2) is 146 Å². The van der Waals surface area contributed by atoms with E-state index >= 15 is 0 Å². The Kier molecular flexibility index (Phi) is 4.93. The predicted octanol–water partition coefficient (Wildman–Crippen LogP) is 10.6. The maximum atomic E-state index is 4.44. The van der Waals surface area contributed by atoms with E-state index in [1.807, 2.05) is 6.07 Å². The summed E-state index contributed by atoms with van der Waals surface area (Å²) in [5.41, 5.74) is 11.3. The molecule has 1 aliphatic carbocycles. The Morgan fingerprint density at radius 1 is 0.333 bits per heavy atom. The topological polar surface area (TPSA) is 25.8 Å². The van der Waals surface area contributed by atoms with E-state index in [1.54, 1.807) is 12.4 Å². The first kappa shape index (κ1) is 23.1. The van der Waals surface area contributed by atoms with Gasteiger partial charge in [-0.15, -0.1) is 0 Å². The maximum absolute atomic E-state index is 4.44. The summed E-state index contributed by atoms with van der Waals surface area (Å²) in [4.78, 5) is 8.88. The van der Waals surface area contributed by atoms with E-state index in [1.165, 1.54) is 76.8 Å². The number of benzene rings is 7. The second-order valence-electron chi connectivity index (χ2n) is 11.0. The van der Waals surface area contributed by atoms with Crippen molar-refractivity contribution in [3.05, 3.63) is 146 Å². The van der Waals surface area contributed by atoms with Crippen LogP contribution in [0.2, 0.25) is 0 Å². The molecule has 42 heavy (non-hydrogen) atoms. The molecule has 0 saturated carbocycles. The Bertz CT molecular complexity index is 2300. The first-order chi connectivity index (χ1) is 20.8. The van der Waals surface area contributed by atoms with Gasteiger partial charge in [-0.05, 0) is 107 Å². The molecule has 1 aliphatic rings. The van der Waals surface area contributed by atoms with Crippen molar-refractivity contribution in [1.82, 2.24) is 9.97 Å². The Balaban J connectivity index is 1.18. The minimum Gasteiger partial charge on any atom is -0.237 e. The molecule has 0 radical (unpaired) electrons. The molecule has 194 valence electrons. The number of hydrogen-bond donors (Lipinski definition) is 0. The smallest absolute Gasteiger partial charge is 0.159 e. The minimum absolute atomic E-state index is 0.745. The fourth-order valence-electron chi connectivity index (χ4n) is 6.77. The standard InChI is InChI=1S/C40H24N2/c1-2-8-26-24-38-36-18-17-33(34-13-5-14-35(39(34)36)37(38)23-25(26)7-1)28-10-3-9-27(21-28)31-12-4-11-29-22-30(15-16-32(29)31)40-41-19-6-20-42-40/h1-24H. The molecular formula is C40H24N2. The summed E-state index contributed by atoms with van der Waals surface area (Å²) in [6.07, 6.45) is 3.57. The van der Waals surface area contributed by atoms with Crippen LogP contribution < -0.4 is 0 Å². The molecule has 0 N–H and O–H groups in total. The molecule has 1 heterocycles. The monoisotopic (exact) mass is 532 g/mol. The van der Waals surface area contributed by atoms with Gasteiger partial charge in [-0.3, -0.25) is 0 Å². The molecule has 0 aliphatic heterocycles. The van der Waals surface area contributed by atoms with Crippen molar-refractivity contribution in [3.63, 3.8) is 0 Å². The Morgan fingerprint density at radius 2 is 0.952 bits per heavy atom. The summed E-state index contributed by atoms with van der Waals surface area (Å²) < 4.78 is 0. The molecular weight excluding hydrogens is 508 g/mol. The van der Waals surface area contributed by atoms with E-state index in [4.69, 9.17) is 0 Å². The first-order valence-electron chi connectivity index (χ1n) is 14.3. The van der Waals surface area contributed by atoms with Gasteiger partial charge in [0.2, 0.25) is 0 Å². The summed E-state index contributed by atoms with van der Waals surface area (Å²) in [5, 5.41) is 7.62. The minimum atomic E-state index is 0.745. The van der Waals surface area contributed by atoms with Gasteiger partial charge >= 0.3 is 0 Å². The molecule has 7 aromatic carbocycles. The van der Waals surface area contributed by atoms with Gasteiger partial charge in [-0.2, -0.15) is 0 Å². The van der Waals surface area contributed by atoms with Crippen molar-refractivity contribution in [2.24, 2.45) is 0 Å². The van der Waals surface area contributed by atoms with E-state index in [-0.39, 0.29) is 0 Å². The van der Waals surface area contributed by atoms with Crippen LogP contribution in [0.3, 0.4) is 0 Å². The number of fused-ring (bicyclic) bond motifs is 5. The average Bonchev–Trinajstić information content (AvgIpc) is 3.37. The van der Waals surface area contributed by atoms with Crippen molar-refractivity contribution in [2.45, 2.75) is 0 Å². The normalized spacial score (nSPS) is 11.8. The van der Waals surface area contributed by atoms with Crippen LogP contribution in [0, 0.1) is 0 Å². The number of nitrogens with zero attached hydrogens (tertiary/aromatic N) is 2. The van der Waals surface area contributed by atoms with Crippen molar-refractivity contribution < 1.29 is 0 Å². The summed E-state index contributed by atoms with van der Waals surface area (Å²) >= 11 is 0. The van der Waals surface area contributed by atoms with E-state index in [2.05, 4.69) is 137 Å². The lowest BCUT2D eigenvalue weighted by atomic mass is 9.91. The van der Waals surface area contributed by atoms with Gasteiger partial charge in [0.15, 0.2) is 5.82 Å². The second kappa shape index (κ2) is 8.95. The predicted molar refractivity (Wildman–Crippen MR) is 175 cm³/mol. The molecule has 1 aromatic heterocycles. The molecule has 0 saturated heterocycles. The molecule has 8 aromatic rings. The lowest BCUT2D eigenvalue weighted by Crippen LogP contribution is -1.88. The zero-order chi connectivity index (χ0) is 27.6. The number of aromatic nitrogens is 2. The van der Waals surface area contributed by atoms with Gasteiger partial charge < -0.3 is 0 Å². The lowest BCUT2D eigenvalue weighted by molar-refractivity contribution is 1.18. The molecule has 2 nitrogen and oxygen atoms in total. The quantitative estimate of drug-likeness (QED) is 0.226. The highest BCUT2D eigenvalue weighted by atomic mass is 14.8. The third kappa shape index (κ3) is 3.45. The van der Waals surface area contributed by atoms with Crippen molar-refractivity contribution in [1.29, 1.82) is 0 Å². The molecule has 2 heteroatoms. The molecule has 0 spiro atoms. The Hall–Kier alpha value is -5.60. The Morgan fingerprint density at radius 3 is 1.74 bits per heavy atom. The summed E-state index contributed by atoms with van der Waals surface area (Å²) in [5.74, 6) is 0.745.